The van der Waals surface area contributed by atoms with Crippen molar-refractivity contribution < 1.29 is 24.0 Å². The third-order valence-electron chi connectivity index (χ3n) is 4.65. The van der Waals surface area contributed by atoms with E-state index in [0.717, 1.165) is 10.8 Å². The van der Waals surface area contributed by atoms with Crippen molar-refractivity contribution >= 4 is 39.9 Å². The number of rotatable bonds is 8. The maximum atomic E-state index is 12.3. The molecule has 32 heavy (non-hydrogen) atoms. The van der Waals surface area contributed by atoms with Crippen molar-refractivity contribution in [2.24, 2.45) is 0 Å². The van der Waals surface area contributed by atoms with Crippen LogP contribution in [0.4, 0.5) is 11.4 Å². The monoisotopic (exact) mass is 435 g/mol. The summed E-state index contributed by atoms with van der Waals surface area (Å²) in [5.41, 5.74) is 0.695. The van der Waals surface area contributed by atoms with Gasteiger partial charge in [-0.3, -0.25) is 24.5 Å². The molecule has 0 fully saturated rings. The third-order valence-corrected chi connectivity index (χ3v) is 4.65. The molecule has 0 saturated carbocycles. The second kappa shape index (κ2) is 10.2. The van der Waals surface area contributed by atoms with Crippen LogP contribution in [0.5, 0.6) is 0 Å². The molecule has 0 bridgehead atoms. The minimum atomic E-state index is -1.01. The number of carbonyl (C=O) groups excluding carboxylic acids is 3. The number of hydrogen-bond donors (Lipinski definition) is 2. The number of ether oxygens (including phenoxy) is 1. The van der Waals surface area contributed by atoms with Crippen LogP contribution in [-0.4, -0.2) is 35.4 Å². The summed E-state index contributed by atoms with van der Waals surface area (Å²) in [5, 5.41) is 17.9. The van der Waals surface area contributed by atoms with E-state index >= 15 is 0 Å². The Hall–Kier alpha value is -4.27. The first-order valence-electron chi connectivity index (χ1n) is 9.85. The fourth-order valence-corrected chi connectivity index (χ4v) is 2.94. The maximum Gasteiger partial charge on any atom is 0.308 e. The number of nitrogens with zero attached hydrogens (tertiary/aromatic N) is 1. The molecule has 3 aromatic rings. The van der Waals surface area contributed by atoms with E-state index in [1.165, 1.54) is 31.2 Å². The number of nitro groups is 1. The summed E-state index contributed by atoms with van der Waals surface area (Å²) in [6.45, 7) is 1.46. The van der Waals surface area contributed by atoms with Crippen LogP contribution in [0, 0.1) is 10.1 Å². The molecule has 3 rings (SSSR count). The number of nitrogens with one attached hydrogen (secondary N) is 2. The fraction of sp³-hybridized carbons (Fsp3) is 0.174. The number of fused-ring (bicyclic) bond motifs is 1. The first kappa shape index (κ1) is 22.4. The predicted molar refractivity (Wildman–Crippen MR) is 118 cm³/mol. The Morgan fingerprint density at radius 1 is 1.00 bits per heavy atom. The van der Waals surface area contributed by atoms with Crippen molar-refractivity contribution in [1.82, 2.24) is 5.32 Å². The van der Waals surface area contributed by atoms with E-state index in [-0.39, 0.29) is 24.2 Å². The first-order chi connectivity index (χ1) is 15.3. The number of benzene rings is 3. The molecule has 0 aliphatic heterocycles. The highest BCUT2D eigenvalue weighted by Gasteiger charge is 2.18. The number of esters is 1. The van der Waals surface area contributed by atoms with E-state index in [1.807, 2.05) is 36.4 Å². The lowest BCUT2D eigenvalue weighted by Gasteiger charge is -2.14. The van der Waals surface area contributed by atoms with E-state index in [0.29, 0.717) is 5.69 Å². The Kier molecular flexibility index (Phi) is 7.12. The van der Waals surface area contributed by atoms with E-state index in [1.54, 1.807) is 6.07 Å². The molecule has 0 aliphatic carbocycles. The van der Waals surface area contributed by atoms with E-state index in [4.69, 9.17) is 4.74 Å². The molecule has 1 unspecified atom stereocenters. The zero-order valence-electron chi connectivity index (χ0n) is 17.2. The number of non-ortho nitro benzene ring substituents is 1. The van der Waals surface area contributed by atoms with Gasteiger partial charge < -0.3 is 15.4 Å². The SMILES string of the molecule is CC(OC(=O)CCNC(=O)c1ccc([N+](=O)[O-])cc1)C(=O)Nc1ccc2ccccc2c1. The Bertz CT molecular complexity index is 1160. The number of anilines is 1. The molecule has 0 heterocycles. The standard InChI is InChI=1S/C23H21N3O6/c1-15(22(28)25-19-9-6-16-4-2-3-5-18(16)14-19)32-21(27)12-13-24-23(29)17-7-10-20(11-8-17)26(30)31/h2-11,14-15H,12-13H2,1H3,(H,24,29)(H,25,28). The van der Waals surface area contributed by atoms with Crippen molar-refractivity contribution in [2.75, 3.05) is 11.9 Å². The van der Waals surface area contributed by atoms with Crippen LogP contribution in [0.1, 0.15) is 23.7 Å². The summed E-state index contributed by atoms with van der Waals surface area (Å²) in [6.07, 6.45) is -1.15. The Labute approximate surface area is 183 Å². The number of hydrogen-bond acceptors (Lipinski definition) is 6. The summed E-state index contributed by atoms with van der Waals surface area (Å²) in [6, 6.07) is 18.3. The lowest BCUT2D eigenvalue weighted by molar-refractivity contribution is -0.384. The molecule has 1 atom stereocenters. The zero-order chi connectivity index (χ0) is 23.1. The lowest BCUT2D eigenvalue weighted by atomic mass is 10.1. The highest BCUT2D eigenvalue weighted by atomic mass is 16.6. The molecule has 0 aliphatic rings. The van der Waals surface area contributed by atoms with Crippen LogP contribution in [0.2, 0.25) is 0 Å². The van der Waals surface area contributed by atoms with Crippen molar-refractivity contribution in [3.63, 3.8) is 0 Å². The zero-order valence-corrected chi connectivity index (χ0v) is 17.2. The third kappa shape index (κ3) is 5.88. The van der Waals surface area contributed by atoms with Crippen LogP contribution in [0.3, 0.4) is 0 Å². The average molecular weight is 435 g/mol. The van der Waals surface area contributed by atoms with Crippen molar-refractivity contribution in [3.05, 3.63) is 82.4 Å². The lowest BCUT2D eigenvalue weighted by Crippen LogP contribution is -2.32. The Morgan fingerprint density at radius 3 is 2.38 bits per heavy atom. The quantitative estimate of drug-likeness (QED) is 0.317. The highest BCUT2D eigenvalue weighted by molar-refractivity contribution is 5.97. The smallest absolute Gasteiger partial charge is 0.308 e. The normalized spacial score (nSPS) is 11.4. The second-order valence-electron chi connectivity index (χ2n) is 6.99. The predicted octanol–water partition coefficient (Wildman–Crippen LogP) is 3.44. The molecule has 9 heteroatoms. The van der Waals surface area contributed by atoms with Gasteiger partial charge in [0.1, 0.15) is 0 Å². The van der Waals surface area contributed by atoms with Gasteiger partial charge in [0.15, 0.2) is 6.10 Å². The van der Waals surface area contributed by atoms with Gasteiger partial charge in [0, 0.05) is 29.9 Å². The minimum absolute atomic E-state index is 0.00628. The number of nitro benzene ring substituents is 1. The van der Waals surface area contributed by atoms with Crippen molar-refractivity contribution in [1.29, 1.82) is 0 Å². The molecule has 0 saturated heterocycles. The molecule has 0 spiro atoms. The van der Waals surface area contributed by atoms with Gasteiger partial charge in [-0.1, -0.05) is 30.3 Å². The number of carbonyl (C=O) groups is 3. The Balaban J connectivity index is 1.43. The molecule has 9 nitrogen and oxygen atoms in total. The molecular weight excluding hydrogens is 414 g/mol. The molecule has 0 radical (unpaired) electrons. The largest absolute Gasteiger partial charge is 0.452 e. The van der Waals surface area contributed by atoms with Crippen LogP contribution in [0.25, 0.3) is 10.8 Å². The summed E-state index contributed by atoms with van der Waals surface area (Å²) in [7, 11) is 0. The van der Waals surface area contributed by atoms with Gasteiger partial charge in [-0.2, -0.15) is 0 Å². The molecule has 2 N–H and O–H groups in total. The molecule has 0 aromatic heterocycles. The van der Waals surface area contributed by atoms with Gasteiger partial charge in [0.2, 0.25) is 0 Å². The summed E-state index contributed by atoms with van der Waals surface area (Å²) < 4.78 is 5.12. The van der Waals surface area contributed by atoms with Gasteiger partial charge in [-0.15, -0.1) is 0 Å². The van der Waals surface area contributed by atoms with Gasteiger partial charge in [-0.05, 0) is 42.0 Å². The van der Waals surface area contributed by atoms with Crippen LogP contribution in [0.15, 0.2) is 66.7 Å². The molecular formula is C23H21N3O6. The van der Waals surface area contributed by atoms with Gasteiger partial charge >= 0.3 is 5.97 Å². The summed E-state index contributed by atoms with van der Waals surface area (Å²) in [5.74, 6) is -1.59. The van der Waals surface area contributed by atoms with Gasteiger partial charge in [-0.25, -0.2) is 0 Å². The second-order valence-corrected chi connectivity index (χ2v) is 6.99. The topological polar surface area (TPSA) is 128 Å². The summed E-state index contributed by atoms with van der Waals surface area (Å²) >= 11 is 0. The van der Waals surface area contributed by atoms with E-state index < -0.39 is 28.8 Å². The van der Waals surface area contributed by atoms with Crippen LogP contribution >= 0.6 is 0 Å². The van der Waals surface area contributed by atoms with Crippen LogP contribution in [-0.2, 0) is 14.3 Å². The fourth-order valence-electron chi connectivity index (χ4n) is 2.94. The van der Waals surface area contributed by atoms with E-state index in [9.17, 15) is 24.5 Å². The minimum Gasteiger partial charge on any atom is -0.452 e. The van der Waals surface area contributed by atoms with Gasteiger partial charge in [0.05, 0.1) is 11.3 Å². The van der Waals surface area contributed by atoms with Crippen molar-refractivity contribution in [3.8, 4) is 0 Å². The molecule has 164 valence electrons. The van der Waals surface area contributed by atoms with Crippen molar-refractivity contribution in [2.45, 2.75) is 19.4 Å². The van der Waals surface area contributed by atoms with Gasteiger partial charge in [0.25, 0.3) is 17.5 Å². The molecule has 3 aromatic carbocycles. The van der Waals surface area contributed by atoms with E-state index in [2.05, 4.69) is 10.6 Å². The maximum absolute atomic E-state index is 12.3. The number of amides is 2. The Morgan fingerprint density at radius 2 is 1.69 bits per heavy atom. The summed E-state index contributed by atoms with van der Waals surface area (Å²) in [4.78, 5) is 46.4. The first-order valence-corrected chi connectivity index (χ1v) is 9.85. The molecule has 2 amide bonds. The van der Waals surface area contributed by atoms with Crippen LogP contribution < -0.4 is 10.6 Å². The highest BCUT2D eigenvalue weighted by Crippen LogP contribution is 2.19. The average Bonchev–Trinajstić information content (AvgIpc) is 2.78.